The number of ether oxygens (including phenoxy) is 1. The number of rotatable bonds is 9. The zero-order chi connectivity index (χ0) is 31.2. The summed E-state index contributed by atoms with van der Waals surface area (Å²) in [6.45, 7) is 7.24. The van der Waals surface area contributed by atoms with E-state index in [-0.39, 0.29) is 29.2 Å². The van der Waals surface area contributed by atoms with Crippen molar-refractivity contribution in [2.24, 2.45) is 11.7 Å². The van der Waals surface area contributed by atoms with Gasteiger partial charge in [-0.15, -0.1) is 0 Å². The molecular weight excluding hydrogens is 562 g/mol. The van der Waals surface area contributed by atoms with Gasteiger partial charge < -0.3 is 36.6 Å². The summed E-state index contributed by atoms with van der Waals surface area (Å²) in [5.41, 5.74) is 15.6. The standard InChI is InChI=1S/C31H39N9O4/c1-19(2)26(32)31(43)40-11-3-4-25(40)29(41)36-16-20-5-7-21(8-6-20)22-18-35-28(33)27(37-22)30(42)38-23-17-34-10-9-24(23)39-12-14-44-15-13-39/h5-10,17-19,25-26H,3-4,11-16,32H2,1-2H3,(H2,33,35)(H,36,41)(H,38,42)/t25-,26?/m0/s1. The number of likely N-dealkylation sites (tertiary alicyclic amines) is 1. The normalized spacial score (nSPS) is 17.4. The molecule has 4 heterocycles. The van der Waals surface area contributed by atoms with Crippen molar-refractivity contribution < 1.29 is 19.1 Å². The highest BCUT2D eigenvalue weighted by Crippen LogP contribution is 2.27. The molecular formula is C31H39N9O4. The molecule has 0 radical (unpaired) electrons. The molecule has 2 saturated heterocycles. The van der Waals surface area contributed by atoms with Crippen LogP contribution in [-0.2, 0) is 20.9 Å². The Balaban J connectivity index is 1.23. The van der Waals surface area contributed by atoms with Gasteiger partial charge in [-0.3, -0.25) is 19.4 Å². The molecule has 232 valence electrons. The number of nitrogens with two attached hydrogens (primary N) is 2. The first-order valence-corrected chi connectivity index (χ1v) is 14.9. The van der Waals surface area contributed by atoms with E-state index < -0.39 is 18.0 Å². The molecule has 0 bridgehead atoms. The number of anilines is 3. The van der Waals surface area contributed by atoms with Gasteiger partial charge in [0.25, 0.3) is 5.91 Å². The summed E-state index contributed by atoms with van der Waals surface area (Å²) in [6.07, 6.45) is 6.17. The zero-order valence-corrected chi connectivity index (χ0v) is 25.0. The summed E-state index contributed by atoms with van der Waals surface area (Å²) >= 11 is 0. The quantitative estimate of drug-likeness (QED) is 0.282. The fourth-order valence-electron chi connectivity index (χ4n) is 5.33. The van der Waals surface area contributed by atoms with Crippen molar-refractivity contribution in [3.63, 3.8) is 0 Å². The Morgan fingerprint density at radius 3 is 2.55 bits per heavy atom. The maximum Gasteiger partial charge on any atom is 0.278 e. The van der Waals surface area contributed by atoms with Crippen LogP contribution in [-0.4, -0.2) is 82.5 Å². The Bertz CT molecular complexity index is 1490. The second-order valence-electron chi connectivity index (χ2n) is 11.3. The predicted molar refractivity (Wildman–Crippen MR) is 166 cm³/mol. The van der Waals surface area contributed by atoms with Crippen LogP contribution >= 0.6 is 0 Å². The van der Waals surface area contributed by atoms with Crippen molar-refractivity contribution >= 4 is 34.9 Å². The number of aromatic nitrogens is 3. The zero-order valence-electron chi connectivity index (χ0n) is 25.0. The number of nitrogens with zero attached hydrogens (tertiary/aromatic N) is 5. The van der Waals surface area contributed by atoms with Crippen molar-refractivity contribution in [1.29, 1.82) is 0 Å². The van der Waals surface area contributed by atoms with E-state index >= 15 is 0 Å². The number of benzene rings is 1. The van der Waals surface area contributed by atoms with Crippen molar-refractivity contribution in [2.75, 3.05) is 48.8 Å². The summed E-state index contributed by atoms with van der Waals surface area (Å²) < 4.78 is 5.45. The molecule has 1 aromatic carbocycles. The van der Waals surface area contributed by atoms with Gasteiger partial charge in [0.1, 0.15) is 6.04 Å². The van der Waals surface area contributed by atoms with E-state index in [1.54, 1.807) is 17.3 Å². The third kappa shape index (κ3) is 6.95. The van der Waals surface area contributed by atoms with Gasteiger partial charge in [0.05, 0.1) is 48.7 Å². The summed E-state index contributed by atoms with van der Waals surface area (Å²) in [5.74, 6) is -0.862. The molecule has 2 atom stereocenters. The van der Waals surface area contributed by atoms with Crippen LogP contribution in [0.3, 0.4) is 0 Å². The summed E-state index contributed by atoms with van der Waals surface area (Å²) in [4.78, 5) is 55.6. The topological polar surface area (TPSA) is 182 Å². The molecule has 13 nitrogen and oxygen atoms in total. The first-order valence-electron chi connectivity index (χ1n) is 14.9. The smallest absolute Gasteiger partial charge is 0.278 e. The Labute approximate surface area is 256 Å². The number of amides is 3. The van der Waals surface area contributed by atoms with Crippen molar-refractivity contribution in [2.45, 2.75) is 45.3 Å². The molecule has 0 saturated carbocycles. The van der Waals surface area contributed by atoms with Gasteiger partial charge in [-0.05, 0) is 30.4 Å². The minimum absolute atomic E-state index is 0.00321. The highest BCUT2D eigenvalue weighted by molar-refractivity contribution is 6.07. The van der Waals surface area contributed by atoms with Gasteiger partial charge in [0, 0.05) is 37.9 Å². The van der Waals surface area contributed by atoms with Gasteiger partial charge in [0.15, 0.2) is 11.5 Å². The average molecular weight is 602 g/mol. The molecule has 2 aliphatic rings. The fraction of sp³-hybridized carbons (Fsp3) is 0.419. The lowest BCUT2D eigenvalue weighted by Crippen LogP contribution is -2.52. The molecule has 1 unspecified atom stereocenters. The SMILES string of the molecule is CC(C)C(N)C(=O)N1CCC[C@H]1C(=O)NCc1ccc(-c2cnc(N)c(C(=O)Nc3cnccc3N3CCOCC3)n2)cc1. The van der Waals surface area contributed by atoms with E-state index in [0.29, 0.717) is 57.2 Å². The van der Waals surface area contributed by atoms with E-state index in [2.05, 4.69) is 30.5 Å². The van der Waals surface area contributed by atoms with Crippen molar-refractivity contribution in [3.05, 3.63) is 60.2 Å². The average Bonchev–Trinajstić information content (AvgIpc) is 3.54. The highest BCUT2D eigenvalue weighted by atomic mass is 16.5. The van der Waals surface area contributed by atoms with Crippen LogP contribution in [0.2, 0.25) is 0 Å². The Hall–Kier alpha value is -4.62. The number of hydrogen-bond acceptors (Lipinski definition) is 10. The van der Waals surface area contributed by atoms with E-state index in [9.17, 15) is 14.4 Å². The first-order chi connectivity index (χ1) is 21.2. The maximum absolute atomic E-state index is 13.3. The van der Waals surface area contributed by atoms with Gasteiger partial charge in [-0.25, -0.2) is 9.97 Å². The molecule has 2 aliphatic heterocycles. The van der Waals surface area contributed by atoms with Crippen LogP contribution in [0.4, 0.5) is 17.2 Å². The monoisotopic (exact) mass is 601 g/mol. The molecule has 5 rings (SSSR count). The Kier molecular flexibility index (Phi) is 9.65. The minimum Gasteiger partial charge on any atom is -0.382 e. The molecule has 44 heavy (non-hydrogen) atoms. The molecule has 3 aromatic rings. The molecule has 3 amide bonds. The number of carbonyl (C=O) groups excluding carboxylic acids is 3. The third-order valence-corrected chi connectivity index (χ3v) is 7.97. The lowest BCUT2D eigenvalue weighted by Gasteiger charge is -2.30. The van der Waals surface area contributed by atoms with Crippen LogP contribution in [0, 0.1) is 5.92 Å². The van der Waals surface area contributed by atoms with Gasteiger partial charge in [0.2, 0.25) is 11.8 Å². The largest absolute Gasteiger partial charge is 0.382 e. The lowest BCUT2D eigenvalue weighted by molar-refractivity contribution is -0.140. The second kappa shape index (κ2) is 13.8. The molecule has 0 aliphatic carbocycles. The van der Waals surface area contributed by atoms with Crippen LogP contribution < -0.4 is 27.0 Å². The predicted octanol–water partition coefficient (Wildman–Crippen LogP) is 1.80. The van der Waals surface area contributed by atoms with E-state index in [4.69, 9.17) is 16.2 Å². The maximum atomic E-state index is 13.3. The highest BCUT2D eigenvalue weighted by Gasteiger charge is 2.36. The molecule has 6 N–H and O–H groups in total. The number of carbonyl (C=O) groups is 3. The molecule has 0 spiro atoms. The van der Waals surface area contributed by atoms with Gasteiger partial charge >= 0.3 is 0 Å². The lowest BCUT2D eigenvalue weighted by atomic mass is 10.0. The van der Waals surface area contributed by atoms with E-state index in [1.807, 2.05) is 44.2 Å². The number of hydrogen-bond donors (Lipinski definition) is 4. The molecule has 2 aromatic heterocycles. The minimum atomic E-state index is -0.623. The third-order valence-electron chi connectivity index (χ3n) is 7.97. The second-order valence-corrected chi connectivity index (χ2v) is 11.3. The van der Waals surface area contributed by atoms with E-state index in [1.165, 1.54) is 6.20 Å². The van der Waals surface area contributed by atoms with Crippen LogP contribution in [0.15, 0.2) is 48.9 Å². The van der Waals surface area contributed by atoms with Crippen LogP contribution in [0.1, 0.15) is 42.7 Å². The van der Waals surface area contributed by atoms with E-state index in [0.717, 1.165) is 23.2 Å². The van der Waals surface area contributed by atoms with Crippen molar-refractivity contribution in [3.8, 4) is 11.3 Å². The fourth-order valence-corrected chi connectivity index (χ4v) is 5.33. The van der Waals surface area contributed by atoms with Gasteiger partial charge in [-0.2, -0.15) is 0 Å². The summed E-state index contributed by atoms with van der Waals surface area (Å²) in [5, 5.41) is 5.84. The van der Waals surface area contributed by atoms with Gasteiger partial charge in [-0.1, -0.05) is 38.1 Å². The molecule has 2 fully saturated rings. The first kappa shape index (κ1) is 30.8. The van der Waals surface area contributed by atoms with Crippen LogP contribution in [0.5, 0.6) is 0 Å². The Morgan fingerprint density at radius 1 is 1.07 bits per heavy atom. The van der Waals surface area contributed by atoms with Crippen molar-refractivity contribution in [1.82, 2.24) is 25.2 Å². The summed E-state index contributed by atoms with van der Waals surface area (Å²) in [7, 11) is 0. The summed E-state index contributed by atoms with van der Waals surface area (Å²) in [6, 6.07) is 8.12. The number of nitrogens with one attached hydrogen (secondary N) is 2. The number of pyridine rings is 1. The number of nitrogen functional groups attached to an aromatic ring is 1. The molecule has 13 heteroatoms. The number of morpholine rings is 1. The Morgan fingerprint density at radius 2 is 1.82 bits per heavy atom. The van der Waals surface area contributed by atoms with Crippen LogP contribution in [0.25, 0.3) is 11.3 Å².